The lowest BCUT2D eigenvalue weighted by Gasteiger charge is -2.35. The summed E-state index contributed by atoms with van der Waals surface area (Å²) in [5, 5.41) is 15.3. The lowest BCUT2D eigenvalue weighted by atomic mass is 10.0. The van der Waals surface area contributed by atoms with Gasteiger partial charge in [0.1, 0.15) is 11.5 Å². The first-order chi connectivity index (χ1) is 16.8. The number of halogens is 1. The number of carbonyl (C=O) groups is 2. The normalized spacial score (nSPS) is 18.1. The molecule has 1 aliphatic rings. The van der Waals surface area contributed by atoms with Crippen LogP contribution in [0.15, 0.2) is 59.7 Å². The second-order valence-electron chi connectivity index (χ2n) is 8.41. The summed E-state index contributed by atoms with van der Waals surface area (Å²) in [6.45, 7) is 4.93. The van der Waals surface area contributed by atoms with Crippen molar-refractivity contribution >= 4 is 40.4 Å². The Hall–Kier alpha value is -3.62. The molecule has 0 spiro atoms. The van der Waals surface area contributed by atoms with E-state index in [0.29, 0.717) is 18.8 Å². The molecule has 1 fully saturated rings. The first-order valence-corrected chi connectivity index (χ1v) is 11.6. The third kappa shape index (κ3) is 5.90. The molecule has 35 heavy (non-hydrogen) atoms. The van der Waals surface area contributed by atoms with E-state index in [1.807, 2.05) is 44.2 Å². The topological polar surface area (TPSA) is 100 Å². The molecule has 2 atom stereocenters. The number of fused-ring (bicyclic) bond motifs is 1. The molecule has 0 aliphatic carbocycles. The van der Waals surface area contributed by atoms with Crippen molar-refractivity contribution in [2.75, 3.05) is 19.7 Å². The van der Waals surface area contributed by atoms with Crippen molar-refractivity contribution in [2.24, 2.45) is 5.10 Å². The van der Waals surface area contributed by atoms with Gasteiger partial charge in [-0.25, -0.2) is 5.43 Å². The van der Waals surface area contributed by atoms with Gasteiger partial charge in [-0.15, -0.1) is 0 Å². The lowest BCUT2D eigenvalue weighted by molar-refractivity contribution is -0.145. The molecule has 182 valence electrons. The lowest BCUT2D eigenvalue weighted by Crippen LogP contribution is -2.49. The summed E-state index contributed by atoms with van der Waals surface area (Å²) in [5.74, 6) is -0.0593. The number of ether oxygens (including phenoxy) is 2. The molecule has 2 N–H and O–H groups in total. The van der Waals surface area contributed by atoms with Gasteiger partial charge in [0.2, 0.25) is 0 Å². The molecule has 2 amide bonds. The van der Waals surface area contributed by atoms with Crippen molar-refractivity contribution in [3.63, 3.8) is 0 Å². The molecule has 0 radical (unpaired) electrons. The molecule has 9 heteroatoms. The number of hydrogen-bond donors (Lipinski definition) is 2. The molecule has 2 unspecified atom stereocenters. The Kier molecular flexibility index (Phi) is 7.53. The number of hydrazone groups is 1. The van der Waals surface area contributed by atoms with Gasteiger partial charge in [-0.3, -0.25) is 9.59 Å². The summed E-state index contributed by atoms with van der Waals surface area (Å²) in [6.07, 6.45) is 1.52. The summed E-state index contributed by atoms with van der Waals surface area (Å²) in [7, 11) is 0. The van der Waals surface area contributed by atoms with Crippen molar-refractivity contribution < 1.29 is 24.2 Å². The SMILES string of the molecule is CC1CN(C(=O)COc2ccc(C=NNC(=O)c3ccc(O)c(Cl)c3)c3ccccc23)CC(C)O1. The molecule has 0 aromatic heterocycles. The molecular weight excluding hydrogens is 470 g/mol. The van der Waals surface area contributed by atoms with Crippen molar-refractivity contribution in [2.45, 2.75) is 26.1 Å². The number of aromatic hydroxyl groups is 1. The maximum atomic E-state index is 12.7. The summed E-state index contributed by atoms with van der Waals surface area (Å²) in [6, 6.07) is 15.4. The first-order valence-electron chi connectivity index (χ1n) is 11.2. The van der Waals surface area contributed by atoms with Gasteiger partial charge in [0.05, 0.1) is 23.4 Å². The maximum absolute atomic E-state index is 12.7. The quantitative estimate of drug-likeness (QED) is 0.398. The number of phenols is 1. The molecule has 4 rings (SSSR count). The number of hydrogen-bond acceptors (Lipinski definition) is 6. The van der Waals surface area contributed by atoms with Crippen LogP contribution in [0.1, 0.15) is 29.8 Å². The highest BCUT2D eigenvalue weighted by Crippen LogP contribution is 2.28. The fourth-order valence-electron chi connectivity index (χ4n) is 4.02. The highest BCUT2D eigenvalue weighted by molar-refractivity contribution is 6.32. The van der Waals surface area contributed by atoms with Gasteiger partial charge in [0, 0.05) is 29.6 Å². The maximum Gasteiger partial charge on any atom is 0.271 e. The van der Waals surface area contributed by atoms with E-state index in [-0.39, 0.29) is 41.1 Å². The van der Waals surface area contributed by atoms with Crippen molar-refractivity contribution in [1.82, 2.24) is 10.3 Å². The average molecular weight is 496 g/mol. The van der Waals surface area contributed by atoms with E-state index in [2.05, 4.69) is 10.5 Å². The minimum absolute atomic E-state index is 0.00591. The van der Waals surface area contributed by atoms with Crippen LogP contribution in [0.2, 0.25) is 5.02 Å². The zero-order valence-electron chi connectivity index (χ0n) is 19.4. The van der Waals surface area contributed by atoms with Crippen LogP contribution < -0.4 is 10.2 Å². The molecule has 0 saturated carbocycles. The van der Waals surface area contributed by atoms with E-state index in [1.54, 1.807) is 11.0 Å². The highest BCUT2D eigenvalue weighted by Gasteiger charge is 2.26. The third-order valence-electron chi connectivity index (χ3n) is 5.62. The van der Waals surface area contributed by atoms with Crippen LogP contribution in [0.25, 0.3) is 10.8 Å². The smallest absolute Gasteiger partial charge is 0.271 e. The van der Waals surface area contributed by atoms with E-state index >= 15 is 0 Å². The van der Waals surface area contributed by atoms with Crippen molar-refractivity contribution in [3.05, 3.63) is 70.7 Å². The van der Waals surface area contributed by atoms with Crippen LogP contribution >= 0.6 is 11.6 Å². The second-order valence-corrected chi connectivity index (χ2v) is 8.82. The van der Waals surface area contributed by atoms with Gasteiger partial charge in [-0.1, -0.05) is 35.9 Å². The van der Waals surface area contributed by atoms with E-state index in [0.717, 1.165) is 16.3 Å². The molecule has 1 aliphatic heterocycles. The van der Waals surface area contributed by atoms with Crippen LogP contribution in [0.5, 0.6) is 11.5 Å². The summed E-state index contributed by atoms with van der Waals surface area (Å²) >= 11 is 5.86. The molecule has 3 aromatic rings. The number of benzene rings is 3. The van der Waals surface area contributed by atoms with Crippen molar-refractivity contribution in [1.29, 1.82) is 0 Å². The van der Waals surface area contributed by atoms with Crippen LogP contribution in [0, 0.1) is 0 Å². The molecule has 3 aromatic carbocycles. The predicted molar refractivity (Wildman–Crippen MR) is 134 cm³/mol. The fourth-order valence-corrected chi connectivity index (χ4v) is 4.20. The Balaban J connectivity index is 1.45. The van der Waals surface area contributed by atoms with Crippen molar-refractivity contribution in [3.8, 4) is 11.5 Å². The van der Waals surface area contributed by atoms with Gasteiger partial charge in [-0.05, 0) is 49.6 Å². The van der Waals surface area contributed by atoms with Gasteiger partial charge < -0.3 is 19.5 Å². The van der Waals surface area contributed by atoms with Crippen LogP contribution in [-0.4, -0.2) is 59.9 Å². The minimum atomic E-state index is -0.460. The molecule has 1 heterocycles. The number of carbonyl (C=O) groups excluding carboxylic acids is 2. The third-order valence-corrected chi connectivity index (χ3v) is 5.92. The van der Waals surface area contributed by atoms with E-state index in [9.17, 15) is 14.7 Å². The zero-order chi connectivity index (χ0) is 24.9. The summed E-state index contributed by atoms with van der Waals surface area (Å²) < 4.78 is 11.6. The highest BCUT2D eigenvalue weighted by atomic mass is 35.5. The summed E-state index contributed by atoms with van der Waals surface area (Å²) in [5.41, 5.74) is 3.49. The molecular formula is C26H26ClN3O5. The van der Waals surface area contributed by atoms with E-state index < -0.39 is 5.91 Å². The number of morpholine rings is 1. The van der Waals surface area contributed by atoms with Crippen LogP contribution in [-0.2, 0) is 9.53 Å². The van der Waals surface area contributed by atoms with Crippen LogP contribution in [0.4, 0.5) is 0 Å². The number of phenolic OH excluding ortho intramolecular Hbond substituents is 1. The van der Waals surface area contributed by atoms with Gasteiger partial charge in [0.25, 0.3) is 11.8 Å². The van der Waals surface area contributed by atoms with E-state index in [4.69, 9.17) is 21.1 Å². The average Bonchev–Trinajstić information content (AvgIpc) is 2.84. The standard InChI is InChI=1S/C26H26ClN3O5/c1-16-13-30(14-17(2)35-16)25(32)15-34-24-10-8-19(20-5-3-4-6-21(20)24)12-28-29-26(33)18-7-9-23(31)22(27)11-18/h3-12,16-17,31H,13-15H2,1-2H3,(H,29,33). The Morgan fingerprint density at radius 1 is 1.14 bits per heavy atom. The zero-order valence-corrected chi connectivity index (χ0v) is 20.2. The minimum Gasteiger partial charge on any atom is -0.506 e. The summed E-state index contributed by atoms with van der Waals surface area (Å²) in [4.78, 5) is 26.8. The number of rotatable bonds is 6. The Labute approximate surface area is 208 Å². The first kappa shape index (κ1) is 24.5. The predicted octanol–water partition coefficient (Wildman–Crippen LogP) is 3.98. The van der Waals surface area contributed by atoms with Crippen LogP contribution in [0.3, 0.4) is 0 Å². The van der Waals surface area contributed by atoms with Gasteiger partial charge in [0.15, 0.2) is 6.61 Å². The second kappa shape index (κ2) is 10.8. The van der Waals surface area contributed by atoms with Gasteiger partial charge >= 0.3 is 0 Å². The number of amides is 2. The number of nitrogens with one attached hydrogen (secondary N) is 1. The monoisotopic (exact) mass is 495 g/mol. The largest absolute Gasteiger partial charge is 0.506 e. The molecule has 1 saturated heterocycles. The number of nitrogens with zero attached hydrogens (tertiary/aromatic N) is 2. The Morgan fingerprint density at radius 2 is 1.86 bits per heavy atom. The molecule has 8 nitrogen and oxygen atoms in total. The molecule has 0 bridgehead atoms. The van der Waals surface area contributed by atoms with E-state index in [1.165, 1.54) is 24.4 Å². The van der Waals surface area contributed by atoms with Gasteiger partial charge in [-0.2, -0.15) is 5.10 Å². The Bertz CT molecular complexity index is 1270. The fraction of sp³-hybridized carbons (Fsp3) is 0.269. The Morgan fingerprint density at radius 3 is 2.57 bits per heavy atom.